The van der Waals surface area contributed by atoms with E-state index in [0.717, 1.165) is 21.9 Å². The molecule has 1 N–H and O–H groups in total. The van der Waals surface area contributed by atoms with Gasteiger partial charge in [0, 0.05) is 10.9 Å². The number of nitrogens with zero attached hydrogens (tertiary/aromatic N) is 2. The highest BCUT2D eigenvalue weighted by molar-refractivity contribution is 6.04. The van der Waals surface area contributed by atoms with Crippen LogP contribution in [0.15, 0.2) is 30.6 Å². The zero-order chi connectivity index (χ0) is 8.67. The van der Waals surface area contributed by atoms with Gasteiger partial charge in [-0.15, -0.1) is 0 Å². The molecule has 0 aliphatic heterocycles. The number of fused-ring (bicyclic) bond motifs is 3. The van der Waals surface area contributed by atoms with Gasteiger partial charge in [0.15, 0.2) is 0 Å². The Bertz CT molecular complexity index is 518. The monoisotopic (exact) mass is 168 g/mol. The summed E-state index contributed by atoms with van der Waals surface area (Å²) in [6.07, 6.45) is 4.43. The molecule has 1 radical (unpaired) electrons. The van der Waals surface area contributed by atoms with Crippen LogP contribution in [-0.2, 0) is 0 Å². The fourth-order valence-electron chi connectivity index (χ4n) is 1.52. The third-order valence-corrected chi connectivity index (χ3v) is 2.11. The van der Waals surface area contributed by atoms with Crippen molar-refractivity contribution >= 4 is 21.9 Å². The van der Waals surface area contributed by atoms with E-state index in [4.69, 9.17) is 0 Å². The van der Waals surface area contributed by atoms with E-state index in [9.17, 15) is 0 Å². The molecular formula is C10H6N3. The molecule has 0 spiro atoms. The number of hydrogen-bond acceptors (Lipinski definition) is 2. The molecule has 0 saturated carbocycles. The predicted molar refractivity (Wildman–Crippen MR) is 50.2 cm³/mol. The Labute approximate surface area is 74.4 Å². The Hall–Kier alpha value is -1.90. The maximum Gasteiger partial charge on any atom is 0.142 e. The molecule has 0 amide bonds. The summed E-state index contributed by atoms with van der Waals surface area (Å²) >= 11 is 0. The maximum absolute atomic E-state index is 4.12. The second-order valence-corrected chi connectivity index (χ2v) is 2.88. The first-order valence-corrected chi connectivity index (χ1v) is 4.04. The lowest BCUT2D eigenvalue weighted by Crippen LogP contribution is -1.76. The molecule has 0 aliphatic rings. The standard InChI is InChI=1S/C10H6N3/c1-2-4-9-7(3-1)8-5-11-6-12-10(8)13-9/h1-4,6H,(H,11,12,13). The first-order chi connectivity index (χ1) is 6.45. The Morgan fingerprint density at radius 1 is 1.23 bits per heavy atom. The van der Waals surface area contributed by atoms with E-state index in [1.54, 1.807) is 0 Å². The van der Waals surface area contributed by atoms with Gasteiger partial charge in [-0.2, -0.15) is 0 Å². The van der Waals surface area contributed by atoms with Gasteiger partial charge in [-0.1, -0.05) is 18.2 Å². The van der Waals surface area contributed by atoms with Crippen molar-refractivity contribution in [2.45, 2.75) is 0 Å². The average molecular weight is 168 g/mol. The van der Waals surface area contributed by atoms with Gasteiger partial charge in [0.1, 0.15) is 18.2 Å². The first-order valence-electron chi connectivity index (χ1n) is 4.04. The predicted octanol–water partition coefficient (Wildman–Crippen LogP) is 1.91. The molecule has 0 unspecified atom stereocenters. The summed E-state index contributed by atoms with van der Waals surface area (Å²) in [6.45, 7) is 0. The van der Waals surface area contributed by atoms with Gasteiger partial charge in [0.05, 0.1) is 5.39 Å². The van der Waals surface area contributed by atoms with Crippen LogP contribution in [0.25, 0.3) is 21.9 Å². The molecule has 1 aromatic carbocycles. The minimum atomic E-state index is 0.844. The quantitative estimate of drug-likeness (QED) is 0.557. The van der Waals surface area contributed by atoms with Gasteiger partial charge in [-0.3, -0.25) is 0 Å². The smallest absolute Gasteiger partial charge is 0.142 e. The Morgan fingerprint density at radius 3 is 3.15 bits per heavy atom. The van der Waals surface area contributed by atoms with Crippen molar-refractivity contribution < 1.29 is 0 Å². The van der Waals surface area contributed by atoms with Crippen LogP contribution in [0.3, 0.4) is 0 Å². The van der Waals surface area contributed by atoms with Crippen molar-refractivity contribution in [3.63, 3.8) is 0 Å². The van der Waals surface area contributed by atoms with Crippen molar-refractivity contribution in [1.29, 1.82) is 0 Å². The molecule has 0 fully saturated rings. The zero-order valence-electron chi connectivity index (χ0n) is 6.78. The molecule has 2 heterocycles. The largest absolute Gasteiger partial charge is 0.339 e. The molecule has 0 saturated heterocycles. The Morgan fingerprint density at radius 2 is 2.15 bits per heavy atom. The lowest BCUT2D eigenvalue weighted by molar-refractivity contribution is 1.20. The fraction of sp³-hybridized carbons (Fsp3) is 0. The summed E-state index contributed by atoms with van der Waals surface area (Å²) in [6, 6.07) is 8.04. The van der Waals surface area contributed by atoms with Crippen molar-refractivity contribution in [2.24, 2.45) is 0 Å². The van der Waals surface area contributed by atoms with E-state index in [1.165, 1.54) is 6.33 Å². The summed E-state index contributed by atoms with van der Waals surface area (Å²) in [5.41, 5.74) is 1.92. The molecule has 2 aromatic heterocycles. The first kappa shape index (κ1) is 6.60. The number of nitrogens with one attached hydrogen (secondary N) is 1. The highest BCUT2D eigenvalue weighted by atomic mass is 14.9. The molecule has 3 aromatic rings. The summed E-state index contributed by atoms with van der Waals surface area (Å²) in [5.74, 6) is 0. The van der Waals surface area contributed by atoms with Crippen LogP contribution in [0.1, 0.15) is 0 Å². The van der Waals surface area contributed by atoms with Crippen LogP contribution in [0.5, 0.6) is 0 Å². The van der Waals surface area contributed by atoms with E-state index >= 15 is 0 Å². The summed E-state index contributed by atoms with van der Waals surface area (Å²) < 4.78 is 0. The van der Waals surface area contributed by atoms with Crippen molar-refractivity contribution in [3.05, 3.63) is 36.8 Å². The molecule has 13 heavy (non-hydrogen) atoms. The number of aromatic nitrogens is 3. The number of H-pyrrole nitrogens is 1. The molecule has 3 nitrogen and oxygen atoms in total. The summed E-state index contributed by atoms with van der Waals surface area (Å²) in [5, 5.41) is 2.08. The van der Waals surface area contributed by atoms with Crippen LogP contribution in [0, 0.1) is 6.20 Å². The molecule has 61 valence electrons. The second-order valence-electron chi connectivity index (χ2n) is 2.88. The molecule has 3 heteroatoms. The summed E-state index contributed by atoms with van der Waals surface area (Å²) in [7, 11) is 0. The Balaban J connectivity index is 2.64. The van der Waals surface area contributed by atoms with E-state index in [-0.39, 0.29) is 0 Å². The van der Waals surface area contributed by atoms with Crippen molar-refractivity contribution in [3.8, 4) is 0 Å². The highest BCUT2D eigenvalue weighted by Crippen LogP contribution is 2.21. The van der Waals surface area contributed by atoms with Gasteiger partial charge in [-0.25, -0.2) is 9.97 Å². The molecule has 0 atom stereocenters. The third-order valence-electron chi connectivity index (χ3n) is 2.11. The second kappa shape index (κ2) is 2.29. The minimum absolute atomic E-state index is 0.844. The number of rotatable bonds is 0. The van der Waals surface area contributed by atoms with Crippen LogP contribution in [-0.4, -0.2) is 15.0 Å². The normalized spacial score (nSPS) is 11.1. The Kier molecular flexibility index (Phi) is 1.16. The molecular weight excluding hydrogens is 162 g/mol. The summed E-state index contributed by atoms with van der Waals surface area (Å²) in [4.78, 5) is 11.2. The molecule has 0 bridgehead atoms. The highest BCUT2D eigenvalue weighted by Gasteiger charge is 2.02. The van der Waals surface area contributed by atoms with Gasteiger partial charge >= 0.3 is 0 Å². The number of aromatic amines is 1. The number of hydrogen-bond donors (Lipinski definition) is 1. The van der Waals surface area contributed by atoms with Crippen LogP contribution >= 0.6 is 0 Å². The van der Waals surface area contributed by atoms with Gasteiger partial charge < -0.3 is 4.98 Å². The third kappa shape index (κ3) is 0.839. The number of benzene rings is 1. The van der Waals surface area contributed by atoms with Gasteiger partial charge in [0.25, 0.3) is 0 Å². The zero-order valence-corrected chi connectivity index (χ0v) is 6.78. The molecule has 0 aliphatic carbocycles. The average Bonchev–Trinajstić information content (AvgIpc) is 2.56. The van der Waals surface area contributed by atoms with Crippen molar-refractivity contribution in [2.75, 3.05) is 0 Å². The lowest BCUT2D eigenvalue weighted by Gasteiger charge is -1.85. The maximum atomic E-state index is 4.12. The van der Waals surface area contributed by atoms with E-state index in [1.807, 2.05) is 24.3 Å². The SMILES string of the molecule is [c]1ncnc2[nH]c3ccccc3c12. The van der Waals surface area contributed by atoms with E-state index in [0.29, 0.717) is 0 Å². The van der Waals surface area contributed by atoms with Gasteiger partial charge in [0.2, 0.25) is 0 Å². The lowest BCUT2D eigenvalue weighted by atomic mass is 10.2. The van der Waals surface area contributed by atoms with Crippen LogP contribution in [0.4, 0.5) is 0 Å². The minimum Gasteiger partial charge on any atom is -0.339 e. The molecule has 3 rings (SSSR count). The van der Waals surface area contributed by atoms with E-state index in [2.05, 4.69) is 21.1 Å². The topological polar surface area (TPSA) is 41.6 Å². The van der Waals surface area contributed by atoms with Crippen molar-refractivity contribution in [1.82, 2.24) is 15.0 Å². The van der Waals surface area contributed by atoms with Gasteiger partial charge in [-0.05, 0) is 6.07 Å². The fourth-order valence-corrected chi connectivity index (χ4v) is 1.52. The van der Waals surface area contributed by atoms with Crippen LogP contribution in [0.2, 0.25) is 0 Å². The number of para-hydroxylation sites is 1. The van der Waals surface area contributed by atoms with E-state index < -0.39 is 0 Å². The van der Waals surface area contributed by atoms with Crippen LogP contribution < -0.4 is 0 Å².